The third-order valence-corrected chi connectivity index (χ3v) is 2.81. The summed E-state index contributed by atoms with van der Waals surface area (Å²) < 4.78 is 0. The Labute approximate surface area is 107 Å². The van der Waals surface area contributed by atoms with Gasteiger partial charge in [0.1, 0.15) is 0 Å². The van der Waals surface area contributed by atoms with Gasteiger partial charge in [-0.1, -0.05) is 17.7 Å². The van der Waals surface area contributed by atoms with Gasteiger partial charge in [-0.2, -0.15) is 0 Å². The summed E-state index contributed by atoms with van der Waals surface area (Å²) in [5.41, 5.74) is 9.89. The molecule has 0 spiro atoms. The molecule has 3 nitrogen and oxygen atoms in total. The number of nitrogen functional groups attached to an aromatic ring is 1. The average molecular weight is 240 g/mol. The summed E-state index contributed by atoms with van der Waals surface area (Å²) >= 11 is 0. The fourth-order valence-electron chi connectivity index (χ4n) is 1.73. The predicted octanol–water partition coefficient (Wildman–Crippen LogP) is 3.14. The number of nitrogens with two attached hydrogens (primary N) is 1. The maximum Gasteiger partial charge on any atom is 0.255 e. The Morgan fingerprint density at radius 2 is 1.72 bits per heavy atom. The Morgan fingerprint density at radius 3 is 2.33 bits per heavy atom. The summed E-state index contributed by atoms with van der Waals surface area (Å²) in [6, 6.07) is 12.9. The van der Waals surface area contributed by atoms with E-state index in [1.807, 2.05) is 50.2 Å². The Morgan fingerprint density at radius 1 is 1.06 bits per heavy atom. The first-order valence-corrected chi connectivity index (χ1v) is 5.80. The molecule has 3 N–H and O–H groups in total. The molecule has 0 aromatic heterocycles. The summed E-state index contributed by atoms with van der Waals surface area (Å²) in [5.74, 6) is -0.108. The SMILES string of the molecule is Cc1ccc(C(=O)Nc2ccc(N)cc2C)cc1. The second-order valence-corrected chi connectivity index (χ2v) is 4.39. The summed E-state index contributed by atoms with van der Waals surface area (Å²) in [6.45, 7) is 3.91. The van der Waals surface area contributed by atoms with Crippen molar-refractivity contribution >= 4 is 17.3 Å². The zero-order chi connectivity index (χ0) is 13.1. The van der Waals surface area contributed by atoms with Crippen molar-refractivity contribution < 1.29 is 4.79 Å². The normalized spacial score (nSPS) is 10.1. The number of nitrogens with one attached hydrogen (secondary N) is 1. The minimum absolute atomic E-state index is 0.108. The zero-order valence-electron chi connectivity index (χ0n) is 10.5. The molecule has 3 heteroatoms. The van der Waals surface area contributed by atoms with Crippen LogP contribution in [0.25, 0.3) is 0 Å². The van der Waals surface area contributed by atoms with Gasteiger partial charge in [-0.25, -0.2) is 0 Å². The van der Waals surface area contributed by atoms with Crippen LogP contribution in [0.1, 0.15) is 21.5 Å². The first-order chi connectivity index (χ1) is 8.56. The van der Waals surface area contributed by atoms with Gasteiger partial charge in [0.25, 0.3) is 5.91 Å². The highest BCUT2D eigenvalue weighted by Crippen LogP contribution is 2.18. The standard InChI is InChI=1S/C15H16N2O/c1-10-3-5-12(6-4-10)15(18)17-14-8-7-13(16)9-11(14)2/h3-9H,16H2,1-2H3,(H,17,18). The van der Waals surface area contributed by atoms with E-state index in [0.29, 0.717) is 11.3 Å². The van der Waals surface area contributed by atoms with E-state index in [2.05, 4.69) is 5.32 Å². The number of hydrogen-bond acceptors (Lipinski definition) is 2. The van der Waals surface area contributed by atoms with Gasteiger partial charge in [-0.05, 0) is 49.7 Å². The number of hydrogen-bond donors (Lipinski definition) is 2. The first-order valence-electron chi connectivity index (χ1n) is 5.80. The molecule has 0 aliphatic carbocycles. The lowest BCUT2D eigenvalue weighted by molar-refractivity contribution is 0.102. The van der Waals surface area contributed by atoms with Gasteiger partial charge >= 0.3 is 0 Å². The monoisotopic (exact) mass is 240 g/mol. The van der Waals surface area contributed by atoms with Crippen LogP contribution in [0.2, 0.25) is 0 Å². The molecular formula is C15H16N2O. The number of carbonyl (C=O) groups excluding carboxylic acids is 1. The summed E-state index contributed by atoms with van der Waals surface area (Å²) in [7, 11) is 0. The highest BCUT2D eigenvalue weighted by atomic mass is 16.1. The van der Waals surface area contributed by atoms with Gasteiger partial charge in [-0.15, -0.1) is 0 Å². The minimum atomic E-state index is -0.108. The number of carbonyl (C=O) groups is 1. The van der Waals surface area contributed by atoms with Crippen molar-refractivity contribution in [3.05, 3.63) is 59.2 Å². The lowest BCUT2D eigenvalue weighted by Crippen LogP contribution is -2.12. The van der Waals surface area contributed by atoms with Crippen molar-refractivity contribution in [2.24, 2.45) is 0 Å². The minimum Gasteiger partial charge on any atom is -0.399 e. The molecule has 0 saturated carbocycles. The molecule has 18 heavy (non-hydrogen) atoms. The molecule has 1 amide bonds. The van der Waals surface area contributed by atoms with Crippen molar-refractivity contribution in [1.29, 1.82) is 0 Å². The maximum absolute atomic E-state index is 12.0. The van der Waals surface area contributed by atoms with E-state index in [4.69, 9.17) is 5.73 Å². The van der Waals surface area contributed by atoms with E-state index in [1.165, 1.54) is 0 Å². The van der Waals surface area contributed by atoms with E-state index in [0.717, 1.165) is 16.8 Å². The lowest BCUT2D eigenvalue weighted by atomic mass is 10.1. The average Bonchev–Trinajstić information content (AvgIpc) is 2.33. The molecule has 0 radical (unpaired) electrons. The Kier molecular flexibility index (Phi) is 3.33. The van der Waals surface area contributed by atoms with Gasteiger partial charge in [0, 0.05) is 16.9 Å². The third-order valence-electron chi connectivity index (χ3n) is 2.81. The van der Waals surface area contributed by atoms with Crippen LogP contribution in [0, 0.1) is 13.8 Å². The topological polar surface area (TPSA) is 55.1 Å². The highest BCUT2D eigenvalue weighted by molar-refractivity contribution is 6.04. The van der Waals surface area contributed by atoms with Crippen molar-refractivity contribution in [2.45, 2.75) is 13.8 Å². The maximum atomic E-state index is 12.0. The van der Waals surface area contributed by atoms with Gasteiger partial charge in [0.05, 0.1) is 0 Å². The van der Waals surface area contributed by atoms with E-state index in [9.17, 15) is 4.79 Å². The van der Waals surface area contributed by atoms with Crippen LogP contribution < -0.4 is 11.1 Å². The largest absolute Gasteiger partial charge is 0.399 e. The second-order valence-electron chi connectivity index (χ2n) is 4.39. The highest BCUT2D eigenvalue weighted by Gasteiger charge is 2.07. The molecule has 0 fully saturated rings. The van der Waals surface area contributed by atoms with Crippen LogP contribution in [-0.2, 0) is 0 Å². The molecule has 0 unspecified atom stereocenters. The van der Waals surface area contributed by atoms with Crippen LogP contribution in [-0.4, -0.2) is 5.91 Å². The van der Waals surface area contributed by atoms with Crippen molar-refractivity contribution in [1.82, 2.24) is 0 Å². The van der Waals surface area contributed by atoms with Crippen LogP contribution in [0.3, 0.4) is 0 Å². The van der Waals surface area contributed by atoms with E-state index in [1.54, 1.807) is 6.07 Å². The number of anilines is 2. The molecule has 0 saturated heterocycles. The van der Waals surface area contributed by atoms with Crippen LogP contribution in [0.4, 0.5) is 11.4 Å². The van der Waals surface area contributed by atoms with Crippen molar-refractivity contribution in [3.63, 3.8) is 0 Å². The Balaban J connectivity index is 2.18. The second kappa shape index (κ2) is 4.92. The summed E-state index contributed by atoms with van der Waals surface area (Å²) in [5, 5.41) is 2.88. The number of rotatable bonds is 2. The van der Waals surface area contributed by atoms with Gasteiger partial charge in [0.2, 0.25) is 0 Å². The molecule has 0 atom stereocenters. The van der Waals surface area contributed by atoms with Crippen LogP contribution in [0.15, 0.2) is 42.5 Å². The lowest BCUT2D eigenvalue weighted by Gasteiger charge is -2.09. The van der Waals surface area contributed by atoms with E-state index in [-0.39, 0.29) is 5.91 Å². The van der Waals surface area contributed by atoms with E-state index >= 15 is 0 Å². The molecular weight excluding hydrogens is 224 g/mol. The van der Waals surface area contributed by atoms with Gasteiger partial charge < -0.3 is 11.1 Å². The molecule has 0 heterocycles. The molecule has 2 aromatic carbocycles. The molecule has 2 aromatic rings. The van der Waals surface area contributed by atoms with E-state index < -0.39 is 0 Å². The smallest absolute Gasteiger partial charge is 0.255 e. The summed E-state index contributed by atoms with van der Waals surface area (Å²) in [4.78, 5) is 12.0. The summed E-state index contributed by atoms with van der Waals surface area (Å²) in [6.07, 6.45) is 0. The third kappa shape index (κ3) is 2.69. The fourth-order valence-corrected chi connectivity index (χ4v) is 1.73. The number of aryl methyl sites for hydroxylation is 2. The quantitative estimate of drug-likeness (QED) is 0.792. The van der Waals surface area contributed by atoms with Crippen LogP contribution >= 0.6 is 0 Å². The molecule has 2 rings (SSSR count). The number of amides is 1. The van der Waals surface area contributed by atoms with Crippen molar-refractivity contribution in [3.8, 4) is 0 Å². The molecule has 0 aliphatic rings. The van der Waals surface area contributed by atoms with Gasteiger partial charge in [0.15, 0.2) is 0 Å². The predicted molar refractivity (Wildman–Crippen MR) is 74.7 cm³/mol. The van der Waals surface area contributed by atoms with Crippen molar-refractivity contribution in [2.75, 3.05) is 11.1 Å². The fraction of sp³-hybridized carbons (Fsp3) is 0.133. The zero-order valence-corrected chi connectivity index (χ0v) is 10.5. The first kappa shape index (κ1) is 12.2. The Bertz CT molecular complexity index is 574. The van der Waals surface area contributed by atoms with Crippen LogP contribution in [0.5, 0.6) is 0 Å². The van der Waals surface area contributed by atoms with Gasteiger partial charge in [-0.3, -0.25) is 4.79 Å². The molecule has 92 valence electrons. The molecule has 0 bridgehead atoms. The Hall–Kier alpha value is -2.29. The molecule has 0 aliphatic heterocycles. The number of benzene rings is 2.